The Labute approximate surface area is 125 Å². The van der Waals surface area contributed by atoms with E-state index in [2.05, 4.69) is 10.6 Å². The molecule has 0 atom stereocenters. The Hall–Kier alpha value is -3.15. The lowest BCUT2D eigenvalue weighted by Gasteiger charge is -2.21. The second-order valence-electron chi connectivity index (χ2n) is 5.14. The number of hydrogen-bond donors (Lipinski definition) is 2. The van der Waals surface area contributed by atoms with Crippen LogP contribution in [0.5, 0.6) is 0 Å². The van der Waals surface area contributed by atoms with Crippen molar-refractivity contribution in [1.82, 2.24) is 5.32 Å². The predicted molar refractivity (Wildman–Crippen MR) is 79.9 cm³/mol. The molecule has 0 aliphatic carbocycles. The van der Waals surface area contributed by atoms with Gasteiger partial charge < -0.3 is 10.6 Å². The van der Waals surface area contributed by atoms with Crippen LogP contribution in [-0.2, 0) is 6.54 Å². The lowest BCUT2D eigenvalue weighted by molar-refractivity contribution is 0.0926. The smallest absolute Gasteiger partial charge is 0.319 e. The third kappa shape index (κ3) is 1.70. The van der Waals surface area contributed by atoms with E-state index in [0.717, 1.165) is 5.56 Å². The maximum Gasteiger partial charge on any atom is 0.319 e. The van der Waals surface area contributed by atoms with Crippen LogP contribution in [0.1, 0.15) is 26.3 Å². The molecule has 2 aromatic rings. The van der Waals surface area contributed by atoms with Crippen LogP contribution in [0.25, 0.3) is 0 Å². The topological polar surface area (TPSA) is 78.5 Å². The summed E-state index contributed by atoms with van der Waals surface area (Å²) in [7, 11) is 0. The van der Waals surface area contributed by atoms with Gasteiger partial charge in [0.15, 0.2) is 0 Å². The molecule has 2 aliphatic heterocycles. The molecule has 2 heterocycles. The van der Waals surface area contributed by atoms with Gasteiger partial charge in [-0.05, 0) is 35.9 Å². The third-order valence-electron chi connectivity index (χ3n) is 3.83. The Morgan fingerprint density at radius 3 is 2.27 bits per heavy atom. The summed E-state index contributed by atoms with van der Waals surface area (Å²) in [4.78, 5) is 37.3. The number of benzene rings is 2. The monoisotopic (exact) mass is 293 g/mol. The molecule has 108 valence electrons. The third-order valence-corrected chi connectivity index (χ3v) is 3.83. The Morgan fingerprint density at radius 2 is 1.59 bits per heavy atom. The van der Waals surface area contributed by atoms with Gasteiger partial charge in [-0.15, -0.1) is 0 Å². The summed E-state index contributed by atoms with van der Waals surface area (Å²) in [5.41, 5.74) is 2.84. The van der Waals surface area contributed by atoms with Crippen LogP contribution in [-0.4, -0.2) is 17.8 Å². The fourth-order valence-electron chi connectivity index (χ4n) is 2.75. The number of amides is 4. The van der Waals surface area contributed by atoms with Crippen molar-refractivity contribution < 1.29 is 14.4 Å². The van der Waals surface area contributed by atoms with Crippen LogP contribution in [0.4, 0.5) is 16.2 Å². The Kier molecular flexibility index (Phi) is 2.53. The molecule has 22 heavy (non-hydrogen) atoms. The molecule has 0 spiro atoms. The first-order valence-corrected chi connectivity index (χ1v) is 6.81. The van der Waals surface area contributed by atoms with E-state index in [-0.39, 0.29) is 17.8 Å². The van der Waals surface area contributed by atoms with Gasteiger partial charge in [0, 0.05) is 12.2 Å². The highest BCUT2D eigenvalue weighted by molar-refractivity contribution is 6.34. The normalized spacial score (nSPS) is 16.0. The number of nitrogens with one attached hydrogen (secondary N) is 2. The van der Waals surface area contributed by atoms with Gasteiger partial charge in [0.1, 0.15) is 0 Å². The summed E-state index contributed by atoms with van der Waals surface area (Å²) < 4.78 is 0. The first-order chi connectivity index (χ1) is 10.6. The van der Waals surface area contributed by atoms with E-state index in [9.17, 15) is 14.4 Å². The molecule has 2 aliphatic rings. The number of imide groups is 1. The highest BCUT2D eigenvalue weighted by Gasteiger charge is 2.36. The van der Waals surface area contributed by atoms with Crippen molar-refractivity contribution in [3.05, 3.63) is 59.2 Å². The summed E-state index contributed by atoms with van der Waals surface area (Å²) in [5, 5.41) is 5.34. The zero-order chi connectivity index (χ0) is 15.3. The van der Waals surface area contributed by atoms with Crippen LogP contribution < -0.4 is 15.5 Å². The Bertz CT molecular complexity index is 809. The van der Waals surface area contributed by atoms with Crippen molar-refractivity contribution >= 4 is 29.2 Å². The van der Waals surface area contributed by atoms with E-state index in [4.69, 9.17) is 0 Å². The SMILES string of the molecule is O=C1NCc2cc(N3C(=O)c4ccccc4C3=O)ccc2N1. The number of rotatable bonds is 1. The molecule has 4 amide bonds. The number of anilines is 2. The number of carbonyl (C=O) groups is 3. The minimum absolute atomic E-state index is 0.263. The van der Waals surface area contributed by atoms with Gasteiger partial charge in [0.05, 0.1) is 16.8 Å². The fourth-order valence-corrected chi connectivity index (χ4v) is 2.75. The predicted octanol–water partition coefficient (Wildman–Crippen LogP) is 2.12. The number of hydrogen-bond acceptors (Lipinski definition) is 3. The summed E-state index contributed by atoms with van der Waals surface area (Å²) >= 11 is 0. The summed E-state index contributed by atoms with van der Waals surface area (Å²) in [6.45, 7) is 0.359. The van der Waals surface area contributed by atoms with Gasteiger partial charge in [0.2, 0.25) is 0 Å². The molecule has 0 unspecified atom stereocenters. The molecular formula is C16H11N3O3. The molecule has 6 heteroatoms. The van der Waals surface area contributed by atoms with Crippen LogP contribution in [0.2, 0.25) is 0 Å². The first kappa shape index (κ1) is 12.6. The summed E-state index contributed by atoms with van der Waals surface area (Å²) in [5.74, 6) is -0.651. The molecule has 0 saturated heterocycles. The quantitative estimate of drug-likeness (QED) is 0.790. The molecule has 0 aromatic heterocycles. The number of urea groups is 1. The number of fused-ring (bicyclic) bond motifs is 2. The average Bonchev–Trinajstić information content (AvgIpc) is 2.79. The number of nitrogens with zero attached hydrogens (tertiary/aromatic N) is 1. The first-order valence-electron chi connectivity index (χ1n) is 6.81. The Balaban J connectivity index is 1.76. The van der Waals surface area contributed by atoms with Crippen LogP contribution >= 0.6 is 0 Å². The van der Waals surface area contributed by atoms with Gasteiger partial charge >= 0.3 is 6.03 Å². The number of carbonyl (C=O) groups excluding carboxylic acids is 3. The lowest BCUT2D eigenvalue weighted by Crippen LogP contribution is -2.34. The van der Waals surface area contributed by atoms with Crippen molar-refractivity contribution in [2.24, 2.45) is 0 Å². The highest BCUT2D eigenvalue weighted by atomic mass is 16.2. The zero-order valence-electron chi connectivity index (χ0n) is 11.4. The fraction of sp³-hybridized carbons (Fsp3) is 0.0625. The van der Waals surface area contributed by atoms with Crippen molar-refractivity contribution in [2.75, 3.05) is 10.2 Å². The van der Waals surface area contributed by atoms with Crippen LogP contribution in [0.15, 0.2) is 42.5 Å². The molecule has 0 saturated carbocycles. The van der Waals surface area contributed by atoms with Crippen LogP contribution in [0, 0.1) is 0 Å². The van der Waals surface area contributed by atoms with E-state index in [1.807, 2.05) is 0 Å². The van der Waals surface area contributed by atoms with Crippen LogP contribution in [0.3, 0.4) is 0 Å². The average molecular weight is 293 g/mol. The summed E-state index contributed by atoms with van der Waals surface area (Å²) in [6.07, 6.45) is 0. The standard InChI is InChI=1S/C16H11N3O3/c20-14-11-3-1-2-4-12(11)15(21)19(14)10-5-6-13-9(7-10)8-17-16(22)18-13/h1-7H,8H2,(H2,17,18,22). The molecule has 2 aromatic carbocycles. The molecule has 2 N–H and O–H groups in total. The maximum atomic E-state index is 12.4. The molecule has 0 radical (unpaired) electrons. The molecule has 6 nitrogen and oxygen atoms in total. The maximum absolute atomic E-state index is 12.4. The van der Waals surface area contributed by atoms with Gasteiger partial charge in [-0.25, -0.2) is 9.69 Å². The van der Waals surface area contributed by atoms with Gasteiger partial charge in [-0.2, -0.15) is 0 Å². The van der Waals surface area contributed by atoms with Gasteiger partial charge in [-0.3, -0.25) is 9.59 Å². The molecular weight excluding hydrogens is 282 g/mol. The lowest BCUT2D eigenvalue weighted by atomic mass is 10.1. The molecule has 0 fully saturated rings. The van der Waals surface area contributed by atoms with E-state index in [1.165, 1.54) is 4.90 Å². The molecule has 0 bridgehead atoms. The van der Waals surface area contributed by atoms with E-state index in [0.29, 0.717) is 29.0 Å². The molecule has 4 rings (SSSR count). The van der Waals surface area contributed by atoms with Crippen molar-refractivity contribution in [2.45, 2.75) is 6.54 Å². The second-order valence-corrected chi connectivity index (χ2v) is 5.14. The minimum Gasteiger partial charge on any atom is -0.334 e. The summed E-state index contributed by atoms with van der Waals surface area (Å²) in [6, 6.07) is 11.6. The van der Waals surface area contributed by atoms with E-state index < -0.39 is 0 Å². The van der Waals surface area contributed by atoms with E-state index in [1.54, 1.807) is 42.5 Å². The van der Waals surface area contributed by atoms with Crippen molar-refractivity contribution in [1.29, 1.82) is 0 Å². The highest BCUT2D eigenvalue weighted by Crippen LogP contribution is 2.31. The second kappa shape index (κ2) is 4.42. The van der Waals surface area contributed by atoms with Crippen molar-refractivity contribution in [3.8, 4) is 0 Å². The Morgan fingerprint density at radius 1 is 0.909 bits per heavy atom. The zero-order valence-corrected chi connectivity index (χ0v) is 11.4. The van der Waals surface area contributed by atoms with Gasteiger partial charge in [0.25, 0.3) is 11.8 Å². The van der Waals surface area contributed by atoms with Crippen molar-refractivity contribution in [3.63, 3.8) is 0 Å². The largest absolute Gasteiger partial charge is 0.334 e. The minimum atomic E-state index is -0.326. The van der Waals surface area contributed by atoms with E-state index >= 15 is 0 Å². The van der Waals surface area contributed by atoms with Gasteiger partial charge in [-0.1, -0.05) is 12.1 Å².